The Bertz CT molecular complexity index is 410. The van der Waals surface area contributed by atoms with Crippen LogP contribution in [0.4, 0.5) is 5.82 Å². The molecule has 1 aromatic heterocycles. The summed E-state index contributed by atoms with van der Waals surface area (Å²) in [6.45, 7) is 5.57. The summed E-state index contributed by atoms with van der Waals surface area (Å²) in [7, 11) is 1.73. The number of halogens is 1. The summed E-state index contributed by atoms with van der Waals surface area (Å²) >= 11 is 3.51. The van der Waals surface area contributed by atoms with E-state index in [1.807, 2.05) is 6.20 Å². The molecule has 0 aromatic carbocycles. The first-order chi connectivity index (χ1) is 9.24. The molecule has 1 N–H and O–H groups in total. The van der Waals surface area contributed by atoms with E-state index in [1.54, 1.807) is 7.11 Å². The van der Waals surface area contributed by atoms with Gasteiger partial charge >= 0.3 is 0 Å². The zero-order valence-corrected chi connectivity index (χ0v) is 13.2. The summed E-state index contributed by atoms with van der Waals surface area (Å²) in [6.07, 6.45) is 4.47. The van der Waals surface area contributed by atoms with E-state index < -0.39 is 0 Å². The van der Waals surface area contributed by atoms with Gasteiger partial charge in [-0.15, -0.1) is 0 Å². The molecule has 1 fully saturated rings. The standard InChI is InChI=1S/C14H22BrN3O/c1-3-18(6-7-19-2)14-11(8-12(15)10-17-14)9-16-13-4-5-13/h8,10,13,16H,3-7,9H2,1-2H3. The monoisotopic (exact) mass is 327 g/mol. The van der Waals surface area contributed by atoms with Crippen LogP contribution in [0.5, 0.6) is 0 Å². The molecule has 5 heteroatoms. The van der Waals surface area contributed by atoms with Crippen LogP contribution in [0.15, 0.2) is 16.7 Å². The van der Waals surface area contributed by atoms with E-state index in [2.05, 4.69) is 44.1 Å². The van der Waals surface area contributed by atoms with E-state index in [1.165, 1.54) is 18.4 Å². The number of ether oxygens (including phenoxy) is 1. The number of nitrogens with one attached hydrogen (secondary N) is 1. The van der Waals surface area contributed by atoms with Crippen molar-refractivity contribution in [3.05, 3.63) is 22.3 Å². The molecular weight excluding hydrogens is 306 g/mol. The molecule has 1 aliphatic carbocycles. The lowest BCUT2D eigenvalue weighted by molar-refractivity contribution is 0.205. The third-order valence-corrected chi connectivity index (χ3v) is 3.75. The summed E-state index contributed by atoms with van der Waals surface area (Å²) in [5, 5.41) is 3.56. The van der Waals surface area contributed by atoms with Crippen LogP contribution < -0.4 is 10.2 Å². The summed E-state index contributed by atoms with van der Waals surface area (Å²) in [4.78, 5) is 6.85. The van der Waals surface area contributed by atoms with E-state index in [0.717, 1.165) is 36.5 Å². The minimum atomic E-state index is 0.709. The minimum absolute atomic E-state index is 0.709. The van der Waals surface area contributed by atoms with E-state index in [0.29, 0.717) is 6.04 Å². The molecule has 0 aliphatic heterocycles. The maximum atomic E-state index is 5.17. The summed E-state index contributed by atoms with van der Waals surface area (Å²) < 4.78 is 6.21. The van der Waals surface area contributed by atoms with Crippen LogP contribution in [0.2, 0.25) is 0 Å². The van der Waals surface area contributed by atoms with Gasteiger partial charge in [-0.05, 0) is 41.8 Å². The minimum Gasteiger partial charge on any atom is -0.383 e. The predicted molar refractivity (Wildman–Crippen MR) is 81.6 cm³/mol. The number of hydrogen-bond donors (Lipinski definition) is 1. The highest BCUT2D eigenvalue weighted by molar-refractivity contribution is 9.10. The second kappa shape index (κ2) is 7.22. The normalized spacial score (nSPS) is 14.7. The van der Waals surface area contributed by atoms with Crippen molar-refractivity contribution in [2.24, 2.45) is 0 Å². The van der Waals surface area contributed by atoms with E-state index >= 15 is 0 Å². The molecule has 0 atom stereocenters. The quantitative estimate of drug-likeness (QED) is 0.796. The van der Waals surface area contributed by atoms with Crippen LogP contribution in [0.25, 0.3) is 0 Å². The molecule has 1 aliphatic rings. The van der Waals surface area contributed by atoms with Crippen molar-refractivity contribution >= 4 is 21.7 Å². The lowest BCUT2D eigenvalue weighted by Crippen LogP contribution is -2.29. The largest absolute Gasteiger partial charge is 0.383 e. The molecule has 0 spiro atoms. The lowest BCUT2D eigenvalue weighted by atomic mass is 10.2. The Morgan fingerprint density at radius 3 is 2.95 bits per heavy atom. The molecule has 19 heavy (non-hydrogen) atoms. The number of pyridine rings is 1. The van der Waals surface area contributed by atoms with Gasteiger partial charge in [-0.2, -0.15) is 0 Å². The highest BCUT2D eigenvalue weighted by Crippen LogP contribution is 2.24. The summed E-state index contributed by atoms with van der Waals surface area (Å²) in [5.74, 6) is 1.07. The Labute approximate surface area is 123 Å². The van der Waals surface area contributed by atoms with Gasteiger partial charge in [-0.25, -0.2) is 4.98 Å². The molecule has 1 aromatic rings. The zero-order chi connectivity index (χ0) is 13.7. The van der Waals surface area contributed by atoms with Crippen molar-refractivity contribution in [1.29, 1.82) is 0 Å². The number of anilines is 1. The lowest BCUT2D eigenvalue weighted by Gasteiger charge is -2.24. The Morgan fingerprint density at radius 2 is 2.32 bits per heavy atom. The van der Waals surface area contributed by atoms with Gasteiger partial charge in [0.2, 0.25) is 0 Å². The van der Waals surface area contributed by atoms with Crippen molar-refractivity contribution < 1.29 is 4.74 Å². The highest BCUT2D eigenvalue weighted by atomic mass is 79.9. The number of hydrogen-bond acceptors (Lipinski definition) is 4. The van der Waals surface area contributed by atoms with Crippen LogP contribution in [-0.4, -0.2) is 37.8 Å². The Morgan fingerprint density at radius 1 is 1.53 bits per heavy atom. The smallest absolute Gasteiger partial charge is 0.133 e. The molecule has 1 saturated carbocycles. The van der Waals surface area contributed by atoms with Gasteiger partial charge in [0.25, 0.3) is 0 Å². The number of aromatic nitrogens is 1. The second-order valence-corrected chi connectivity index (χ2v) is 5.78. The first-order valence-electron chi connectivity index (χ1n) is 6.86. The van der Waals surface area contributed by atoms with Gasteiger partial charge < -0.3 is 15.0 Å². The van der Waals surface area contributed by atoms with Crippen molar-refractivity contribution in [1.82, 2.24) is 10.3 Å². The van der Waals surface area contributed by atoms with Crippen LogP contribution in [0.3, 0.4) is 0 Å². The second-order valence-electron chi connectivity index (χ2n) is 4.86. The number of methoxy groups -OCH3 is 1. The van der Waals surface area contributed by atoms with Crippen molar-refractivity contribution in [3.63, 3.8) is 0 Å². The van der Waals surface area contributed by atoms with Crippen LogP contribution >= 0.6 is 15.9 Å². The number of nitrogens with zero attached hydrogens (tertiary/aromatic N) is 2. The summed E-state index contributed by atoms with van der Waals surface area (Å²) in [6, 6.07) is 2.87. The third kappa shape index (κ3) is 4.44. The molecule has 1 heterocycles. The first-order valence-corrected chi connectivity index (χ1v) is 7.65. The maximum Gasteiger partial charge on any atom is 0.133 e. The molecule has 0 saturated heterocycles. The fourth-order valence-corrected chi connectivity index (χ4v) is 2.42. The molecule has 0 radical (unpaired) electrons. The van der Waals surface area contributed by atoms with E-state index in [4.69, 9.17) is 4.74 Å². The van der Waals surface area contributed by atoms with Crippen LogP contribution in [0.1, 0.15) is 25.3 Å². The van der Waals surface area contributed by atoms with E-state index in [9.17, 15) is 0 Å². The van der Waals surface area contributed by atoms with Gasteiger partial charge in [0.15, 0.2) is 0 Å². The number of likely N-dealkylation sites (N-methyl/N-ethyl adjacent to an activating group) is 1. The Kier molecular flexibility index (Phi) is 5.60. The van der Waals surface area contributed by atoms with Gasteiger partial charge in [-0.1, -0.05) is 0 Å². The molecule has 0 bridgehead atoms. The molecule has 2 rings (SSSR count). The highest BCUT2D eigenvalue weighted by Gasteiger charge is 2.21. The topological polar surface area (TPSA) is 37.4 Å². The third-order valence-electron chi connectivity index (χ3n) is 3.31. The molecule has 0 unspecified atom stereocenters. The zero-order valence-electron chi connectivity index (χ0n) is 11.7. The number of rotatable bonds is 8. The van der Waals surface area contributed by atoms with Gasteiger partial charge in [0.05, 0.1) is 6.61 Å². The van der Waals surface area contributed by atoms with Gasteiger partial charge in [0, 0.05) is 49.0 Å². The van der Waals surface area contributed by atoms with Crippen LogP contribution in [-0.2, 0) is 11.3 Å². The Balaban J connectivity index is 2.10. The average molecular weight is 328 g/mol. The SMILES string of the molecule is CCN(CCOC)c1ncc(Br)cc1CNC1CC1. The van der Waals surface area contributed by atoms with Gasteiger partial charge in [0.1, 0.15) is 5.82 Å². The molecule has 4 nitrogen and oxygen atoms in total. The maximum absolute atomic E-state index is 5.17. The van der Waals surface area contributed by atoms with Crippen molar-refractivity contribution in [3.8, 4) is 0 Å². The predicted octanol–water partition coefficient (Wildman–Crippen LogP) is 2.57. The fraction of sp³-hybridized carbons (Fsp3) is 0.643. The molecular formula is C14H22BrN3O. The van der Waals surface area contributed by atoms with E-state index in [-0.39, 0.29) is 0 Å². The Hall–Kier alpha value is -0.650. The average Bonchev–Trinajstić information content (AvgIpc) is 3.23. The molecule has 0 amide bonds. The van der Waals surface area contributed by atoms with Crippen molar-refractivity contribution in [2.75, 3.05) is 31.7 Å². The fourth-order valence-electron chi connectivity index (χ4n) is 2.05. The van der Waals surface area contributed by atoms with Gasteiger partial charge in [-0.3, -0.25) is 0 Å². The molecule has 106 valence electrons. The van der Waals surface area contributed by atoms with Crippen molar-refractivity contribution in [2.45, 2.75) is 32.4 Å². The van der Waals surface area contributed by atoms with Crippen LogP contribution in [0, 0.1) is 0 Å². The first kappa shape index (κ1) is 14.8. The summed E-state index contributed by atoms with van der Waals surface area (Å²) in [5.41, 5.74) is 1.25.